The van der Waals surface area contributed by atoms with Crippen molar-refractivity contribution in [1.82, 2.24) is 0 Å². The van der Waals surface area contributed by atoms with Crippen LogP contribution < -0.4 is 5.73 Å². The molecule has 1 nitrogen and oxygen atoms in total. The van der Waals surface area contributed by atoms with Gasteiger partial charge in [-0.25, -0.2) is 0 Å². The van der Waals surface area contributed by atoms with E-state index in [1.807, 2.05) is 30.0 Å². The van der Waals surface area contributed by atoms with Gasteiger partial charge >= 0.3 is 0 Å². The van der Waals surface area contributed by atoms with Gasteiger partial charge in [0.1, 0.15) is 0 Å². The zero-order valence-corrected chi connectivity index (χ0v) is 7.81. The van der Waals surface area contributed by atoms with E-state index in [9.17, 15) is 0 Å². The number of rotatable bonds is 3. The lowest BCUT2D eigenvalue weighted by Gasteiger charge is -2.00. The van der Waals surface area contributed by atoms with Crippen LogP contribution in [0.4, 0.5) is 5.69 Å². The normalized spacial score (nSPS) is 16.3. The first-order valence-corrected chi connectivity index (χ1v) is 5.31. The van der Waals surface area contributed by atoms with Crippen LogP contribution >= 0.6 is 11.8 Å². The second-order valence-electron chi connectivity index (χ2n) is 3.33. The second-order valence-corrected chi connectivity index (χ2v) is 4.42. The molecule has 0 aliphatic heterocycles. The monoisotopic (exact) mass is 179 g/mol. The molecule has 0 saturated heterocycles. The predicted octanol–water partition coefficient (Wildman–Crippen LogP) is 2.77. The minimum Gasteiger partial charge on any atom is -0.399 e. The molecule has 1 aromatic rings. The molecule has 1 fully saturated rings. The van der Waals surface area contributed by atoms with Gasteiger partial charge in [0.15, 0.2) is 0 Å². The highest BCUT2D eigenvalue weighted by molar-refractivity contribution is 7.99. The van der Waals surface area contributed by atoms with E-state index in [4.69, 9.17) is 5.73 Å². The zero-order valence-electron chi connectivity index (χ0n) is 6.99. The molecule has 0 spiro atoms. The van der Waals surface area contributed by atoms with Crippen molar-refractivity contribution in [2.75, 3.05) is 11.5 Å². The lowest BCUT2D eigenvalue weighted by atomic mass is 10.3. The van der Waals surface area contributed by atoms with Crippen LogP contribution in [0.3, 0.4) is 0 Å². The third kappa shape index (κ3) is 2.18. The van der Waals surface area contributed by atoms with E-state index in [1.165, 1.54) is 23.5 Å². The third-order valence-corrected chi connectivity index (χ3v) is 3.27. The highest BCUT2D eigenvalue weighted by Crippen LogP contribution is 2.35. The van der Waals surface area contributed by atoms with E-state index in [0.717, 1.165) is 11.6 Å². The first-order valence-electron chi connectivity index (χ1n) is 4.33. The summed E-state index contributed by atoms with van der Waals surface area (Å²) in [6, 6.07) is 8.13. The maximum absolute atomic E-state index is 5.67. The molecule has 0 unspecified atom stereocenters. The van der Waals surface area contributed by atoms with Crippen molar-refractivity contribution in [3.8, 4) is 0 Å². The van der Waals surface area contributed by atoms with Crippen molar-refractivity contribution in [1.29, 1.82) is 0 Å². The van der Waals surface area contributed by atoms with Crippen molar-refractivity contribution >= 4 is 17.4 Å². The van der Waals surface area contributed by atoms with Crippen molar-refractivity contribution < 1.29 is 0 Å². The van der Waals surface area contributed by atoms with Crippen molar-refractivity contribution in [2.24, 2.45) is 5.92 Å². The number of nitrogen functional groups attached to an aromatic ring is 1. The summed E-state index contributed by atoms with van der Waals surface area (Å²) in [4.78, 5) is 1.31. The summed E-state index contributed by atoms with van der Waals surface area (Å²) < 4.78 is 0. The standard InChI is InChI=1S/C10H13NS/c11-9-2-1-3-10(6-9)12-7-8-4-5-8/h1-3,6,8H,4-5,7,11H2. The Bertz CT molecular complexity index is 268. The first-order chi connectivity index (χ1) is 5.84. The molecule has 2 N–H and O–H groups in total. The third-order valence-electron chi connectivity index (χ3n) is 2.04. The van der Waals surface area contributed by atoms with Gasteiger partial charge in [0, 0.05) is 16.3 Å². The van der Waals surface area contributed by atoms with Crippen molar-refractivity contribution in [2.45, 2.75) is 17.7 Å². The molecule has 64 valence electrons. The van der Waals surface area contributed by atoms with Crippen LogP contribution in [0.2, 0.25) is 0 Å². The van der Waals surface area contributed by atoms with Crippen LogP contribution in [-0.4, -0.2) is 5.75 Å². The van der Waals surface area contributed by atoms with Crippen LogP contribution in [-0.2, 0) is 0 Å². The van der Waals surface area contributed by atoms with Gasteiger partial charge in [-0.2, -0.15) is 0 Å². The molecule has 0 heterocycles. The van der Waals surface area contributed by atoms with Gasteiger partial charge < -0.3 is 5.73 Å². The molecule has 0 radical (unpaired) electrons. The fourth-order valence-electron chi connectivity index (χ4n) is 1.10. The quantitative estimate of drug-likeness (QED) is 0.570. The largest absolute Gasteiger partial charge is 0.399 e. The number of thioether (sulfide) groups is 1. The van der Waals surface area contributed by atoms with E-state index in [2.05, 4.69) is 6.07 Å². The highest BCUT2D eigenvalue weighted by Gasteiger charge is 2.20. The molecule has 1 aliphatic carbocycles. The number of benzene rings is 1. The highest BCUT2D eigenvalue weighted by atomic mass is 32.2. The zero-order chi connectivity index (χ0) is 8.39. The Hall–Kier alpha value is -0.630. The van der Waals surface area contributed by atoms with Gasteiger partial charge in [0.05, 0.1) is 0 Å². The molecule has 2 rings (SSSR count). The van der Waals surface area contributed by atoms with Crippen LogP contribution in [0.25, 0.3) is 0 Å². The summed E-state index contributed by atoms with van der Waals surface area (Å²) >= 11 is 1.93. The summed E-state index contributed by atoms with van der Waals surface area (Å²) in [5.74, 6) is 2.25. The van der Waals surface area contributed by atoms with E-state index in [1.54, 1.807) is 0 Å². The molecule has 0 aromatic heterocycles. The average Bonchev–Trinajstić information content (AvgIpc) is 2.84. The van der Waals surface area contributed by atoms with Crippen LogP contribution in [0.5, 0.6) is 0 Å². The minimum atomic E-state index is 0.871. The van der Waals surface area contributed by atoms with Crippen LogP contribution in [0, 0.1) is 5.92 Å². The van der Waals surface area contributed by atoms with Crippen molar-refractivity contribution in [3.05, 3.63) is 24.3 Å². The molecule has 0 atom stereocenters. The van der Waals surface area contributed by atoms with Gasteiger partial charge in [-0.15, -0.1) is 11.8 Å². The maximum Gasteiger partial charge on any atom is 0.0325 e. The summed E-state index contributed by atoms with van der Waals surface area (Å²) in [6.07, 6.45) is 2.85. The Labute approximate surface area is 77.3 Å². The van der Waals surface area contributed by atoms with Gasteiger partial charge in [0.2, 0.25) is 0 Å². The number of hydrogen-bond acceptors (Lipinski definition) is 2. The van der Waals surface area contributed by atoms with Gasteiger partial charge in [-0.3, -0.25) is 0 Å². The lowest BCUT2D eigenvalue weighted by molar-refractivity contribution is 1.000. The molecule has 1 aromatic carbocycles. The molecule has 1 aliphatic rings. The Balaban J connectivity index is 1.92. The summed E-state index contributed by atoms with van der Waals surface area (Å²) in [5.41, 5.74) is 6.54. The molecule has 12 heavy (non-hydrogen) atoms. The first kappa shape index (κ1) is 7.99. The molecule has 1 saturated carbocycles. The van der Waals surface area contributed by atoms with Crippen LogP contribution in [0.1, 0.15) is 12.8 Å². The maximum atomic E-state index is 5.67. The Kier molecular flexibility index (Phi) is 2.26. The van der Waals surface area contributed by atoms with E-state index in [-0.39, 0.29) is 0 Å². The topological polar surface area (TPSA) is 26.0 Å². The van der Waals surface area contributed by atoms with Gasteiger partial charge in [-0.1, -0.05) is 6.07 Å². The Morgan fingerprint density at radius 3 is 2.92 bits per heavy atom. The lowest BCUT2D eigenvalue weighted by Crippen LogP contribution is -1.85. The number of hydrogen-bond donors (Lipinski definition) is 1. The molecular formula is C10H13NS. The predicted molar refractivity (Wildman–Crippen MR) is 54.3 cm³/mol. The molecule has 2 heteroatoms. The number of nitrogens with two attached hydrogens (primary N) is 1. The number of anilines is 1. The fraction of sp³-hybridized carbons (Fsp3) is 0.400. The summed E-state index contributed by atoms with van der Waals surface area (Å²) in [6.45, 7) is 0. The fourth-order valence-corrected chi connectivity index (χ4v) is 2.26. The van der Waals surface area contributed by atoms with E-state index >= 15 is 0 Å². The Morgan fingerprint density at radius 1 is 1.42 bits per heavy atom. The van der Waals surface area contributed by atoms with Gasteiger partial charge in [0.25, 0.3) is 0 Å². The second kappa shape index (κ2) is 3.40. The average molecular weight is 179 g/mol. The van der Waals surface area contributed by atoms with E-state index in [0.29, 0.717) is 0 Å². The van der Waals surface area contributed by atoms with E-state index < -0.39 is 0 Å². The molecule has 0 amide bonds. The van der Waals surface area contributed by atoms with Gasteiger partial charge in [-0.05, 0) is 37.0 Å². The van der Waals surface area contributed by atoms with Crippen LogP contribution in [0.15, 0.2) is 29.2 Å². The molecular weight excluding hydrogens is 166 g/mol. The smallest absolute Gasteiger partial charge is 0.0325 e. The molecule has 0 bridgehead atoms. The SMILES string of the molecule is Nc1cccc(SCC2CC2)c1. The Morgan fingerprint density at radius 2 is 2.25 bits per heavy atom. The minimum absolute atomic E-state index is 0.871. The summed E-state index contributed by atoms with van der Waals surface area (Å²) in [5, 5.41) is 0. The van der Waals surface area contributed by atoms with Crippen molar-refractivity contribution in [3.63, 3.8) is 0 Å². The summed E-state index contributed by atoms with van der Waals surface area (Å²) in [7, 11) is 0.